The van der Waals surface area contributed by atoms with Gasteiger partial charge in [-0.15, -0.1) is 0 Å². The van der Waals surface area contributed by atoms with Crippen LogP contribution >= 0.6 is 11.6 Å². The minimum absolute atomic E-state index is 0.0830. The van der Waals surface area contributed by atoms with Crippen molar-refractivity contribution in [3.8, 4) is 11.8 Å². The van der Waals surface area contributed by atoms with Crippen LogP contribution in [0.4, 0.5) is 16.2 Å². The molecule has 2 fully saturated rings. The number of rotatable bonds is 4. The Morgan fingerprint density at radius 2 is 1.74 bits per heavy atom. The van der Waals surface area contributed by atoms with Gasteiger partial charge in [0.05, 0.1) is 12.5 Å². The van der Waals surface area contributed by atoms with Crippen molar-refractivity contribution in [1.82, 2.24) is 10.6 Å². The molecule has 0 spiro atoms. The smallest absolute Gasteiger partial charge is 0.321 e. The SMILES string of the molecule is O=C(NCC#Cc1ccc(N2CCNC2=O)cc1)C1CC(=O)N(c2ccc(Cl)cc2)C1. The van der Waals surface area contributed by atoms with Crippen molar-refractivity contribution >= 4 is 40.8 Å². The first kappa shape index (κ1) is 20.8. The van der Waals surface area contributed by atoms with Crippen molar-refractivity contribution in [2.24, 2.45) is 5.92 Å². The first-order valence-electron chi connectivity index (χ1n) is 9.99. The molecule has 4 rings (SSSR count). The van der Waals surface area contributed by atoms with Crippen LogP contribution in [0.25, 0.3) is 0 Å². The van der Waals surface area contributed by atoms with E-state index in [1.165, 1.54) is 0 Å². The number of benzene rings is 2. The van der Waals surface area contributed by atoms with Crippen molar-refractivity contribution in [1.29, 1.82) is 0 Å². The number of nitrogens with zero attached hydrogens (tertiary/aromatic N) is 2. The normalized spacial score (nSPS) is 17.9. The van der Waals surface area contributed by atoms with Crippen molar-refractivity contribution in [2.45, 2.75) is 6.42 Å². The molecule has 2 N–H and O–H groups in total. The van der Waals surface area contributed by atoms with Gasteiger partial charge in [0.15, 0.2) is 0 Å². The Balaban J connectivity index is 1.28. The highest BCUT2D eigenvalue weighted by Crippen LogP contribution is 2.26. The first-order chi connectivity index (χ1) is 15.0. The number of halogens is 1. The Hall–Kier alpha value is -3.50. The van der Waals surface area contributed by atoms with Gasteiger partial charge in [-0.25, -0.2) is 4.79 Å². The second-order valence-corrected chi connectivity index (χ2v) is 7.77. The maximum atomic E-state index is 12.4. The highest BCUT2D eigenvalue weighted by Gasteiger charge is 2.34. The number of hydrogen-bond donors (Lipinski definition) is 2. The zero-order chi connectivity index (χ0) is 21.8. The van der Waals surface area contributed by atoms with Gasteiger partial charge in [-0.2, -0.15) is 0 Å². The molecule has 7 nitrogen and oxygen atoms in total. The maximum Gasteiger partial charge on any atom is 0.321 e. The molecule has 2 aromatic carbocycles. The summed E-state index contributed by atoms with van der Waals surface area (Å²) in [6, 6.07) is 14.3. The van der Waals surface area contributed by atoms with Gasteiger partial charge in [-0.05, 0) is 48.5 Å². The van der Waals surface area contributed by atoms with Crippen LogP contribution in [0.5, 0.6) is 0 Å². The zero-order valence-corrected chi connectivity index (χ0v) is 17.5. The van der Waals surface area contributed by atoms with Gasteiger partial charge in [0, 0.05) is 48.0 Å². The van der Waals surface area contributed by atoms with Crippen molar-refractivity contribution in [3.63, 3.8) is 0 Å². The lowest BCUT2D eigenvalue weighted by Crippen LogP contribution is -2.33. The summed E-state index contributed by atoms with van der Waals surface area (Å²) in [5.74, 6) is 5.25. The van der Waals surface area contributed by atoms with Crippen LogP contribution < -0.4 is 20.4 Å². The van der Waals surface area contributed by atoms with Gasteiger partial charge in [-0.3, -0.25) is 14.5 Å². The van der Waals surface area contributed by atoms with E-state index in [4.69, 9.17) is 11.6 Å². The second-order valence-electron chi connectivity index (χ2n) is 7.33. The van der Waals surface area contributed by atoms with Gasteiger partial charge in [-0.1, -0.05) is 23.4 Å². The standard InChI is InChI=1S/C23H21ClN4O3/c24-18-5-9-20(10-6-18)28-15-17(14-21(28)29)22(30)25-11-1-2-16-3-7-19(8-4-16)27-13-12-26-23(27)31/h3-10,17H,11-15H2,(H,25,30)(H,26,31). The molecular weight excluding hydrogens is 416 g/mol. The predicted octanol–water partition coefficient (Wildman–Crippen LogP) is 2.39. The van der Waals surface area contributed by atoms with E-state index < -0.39 is 5.92 Å². The quantitative estimate of drug-likeness (QED) is 0.722. The molecular formula is C23H21ClN4O3. The average Bonchev–Trinajstić information content (AvgIpc) is 3.38. The summed E-state index contributed by atoms with van der Waals surface area (Å²) < 4.78 is 0. The van der Waals surface area contributed by atoms with Crippen LogP contribution in [0, 0.1) is 17.8 Å². The summed E-state index contributed by atoms with van der Waals surface area (Å²) in [7, 11) is 0. The Bertz CT molecular complexity index is 1060. The van der Waals surface area contributed by atoms with E-state index in [9.17, 15) is 14.4 Å². The van der Waals surface area contributed by atoms with Crippen molar-refractivity contribution < 1.29 is 14.4 Å². The van der Waals surface area contributed by atoms with E-state index in [0.29, 0.717) is 24.7 Å². The molecule has 0 aromatic heterocycles. The number of carbonyl (C=O) groups excluding carboxylic acids is 3. The van der Waals surface area contributed by atoms with Crippen molar-refractivity contribution in [2.75, 3.05) is 36.0 Å². The Morgan fingerprint density at radius 3 is 2.42 bits per heavy atom. The molecule has 0 saturated carbocycles. The molecule has 1 unspecified atom stereocenters. The molecule has 0 bridgehead atoms. The molecule has 1 atom stereocenters. The fourth-order valence-electron chi connectivity index (χ4n) is 3.62. The first-order valence-corrected chi connectivity index (χ1v) is 10.4. The van der Waals surface area contributed by atoms with Crippen molar-refractivity contribution in [3.05, 3.63) is 59.1 Å². The Labute approximate surface area is 185 Å². The van der Waals surface area contributed by atoms with Crippen LogP contribution in [0.15, 0.2) is 48.5 Å². The van der Waals surface area contributed by atoms with Gasteiger partial charge in [0.1, 0.15) is 0 Å². The molecule has 4 amide bonds. The minimum atomic E-state index is -0.407. The topological polar surface area (TPSA) is 81.8 Å². The fraction of sp³-hybridized carbons (Fsp3) is 0.261. The van der Waals surface area contributed by atoms with Gasteiger partial charge in [0.25, 0.3) is 0 Å². The van der Waals surface area contributed by atoms with E-state index >= 15 is 0 Å². The lowest BCUT2D eigenvalue weighted by Gasteiger charge is -2.16. The summed E-state index contributed by atoms with van der Waals surface area (Å²) in [5, 5.41) is 6.15. The summed E-state index contributed by atoms with van der Waals surface area (Å²) in [6.45, 7) is 1.82. The molecule has 31 heavy (non-hydrogen) atoms. The molecule has 8 heteroatoms. The van der Waals surface area contributed by atoms with Crippen LogP contribution in [-0.4, -0.2) is 44.0 Å². The predicted molar refractivity (Wildman–Crippen MR) is 119 cm³/mol. The fourth-order valence-corrected chi connectivity index (χ4v) is 3.74. The van der Waals surface area contributed by atoms with Crippen LogP contribution in [-0.2, 0) is 9.59 Å². The van der Waals surface area contributed by atoms with Crippen LogP contribution in [0.3, 0.4) is 0 Å². The molecule has 158 valence electrons. The van der Waals surface area contributed by atoms with Gasteiger partial charge >= 0.3 is 6.03 Å². The summed E-state index contributed by atoms with van der Waals surface area (Å²) >= 11 is 5.89. The highest BCUT2D eigenvalue weighted by molar-refractivity contribution is 6.30. The monoisotopic (exact) mass is 436 g/mol. The van der Waals surface area contributed by atoms with E-state index in [-0.39, 0.29) is 30.8 Å². The number of hydrogen-bond acceptors (Lipinski definition) is 3. The second kappa shape index (κ2) is 9.11. The number of urea groups is 1. The lowest BCUT2D eigenvalue weighted by molar-refractivity contribution is -0.126. The Kier molecular flexibility index (Phi) is 6.10. The molecule has 2 aliphatic rings. The number of anilines is 2. The number of carbonyl (C=O) groups is 3. The van der Waals surface area contributed by atoms with Crippen LogP contribution in [0.2, 0.25) is 5.02 Å². The highest BCUT2D eigenvalue weighted by atomic mass is 35.5. The minimum Gasteiger partial charge on any atom is -0.345 e. The van der Waals surface area contributed by atoms with E-state index in [0.717, 1.165) is 16.9 Å². The maximum absolute atomic E-state index is 12.4. The summed E-state index contributed by atoms with van der Waals surface area (Å²) in [6.07, 6.45) is 0.174. The summed E-state index contributed by atoms with van der Waals surface area (Å²) in [4.78, 5) is 39.7. The molecule has 2 saturated heterocycles. The molecule has 0 radical (unpaired) electrons. The third-order valence-electron chi connectivity index (χ3n) is 5.25. The zero-order valence-electron chi connectivity index (χ0n) is 16.7. The summed E-state index contributed by atoms with van der Waals surface area (Å²) in [5.41, 5.74) is 2.35. The third kappa shape index (κ3) is 4.81. The van der Waals surface area contributed by atoms with Gasteiger partial charge < -0.3 is 15.5 Å². The Morgan fingerprint density at radius 1 is 1.06 bits per heavy atom. The van der Waals surface area contributed by atoms with E-state index in [1.807, 2.05) is 24.3 Å². The number of nitrogens with one attached hydrogen (secondary N) is 2. The van der Waals surface area contributed by atoms with E-state index in [2.05, 4.69) is 22.5 Å². The molecule has 2 aliphatic heterocycles. The molecule has 0 aliphatic carbocycles. The largest absolute Gasteiger partial charge is 0.345 e. The molecule has 2 aromatic rings. The number of amides is 4. The molecule has 2 heterocycles. The van der Waals surface area contributed by atoms with Crippen LogP contribution in [0.1, 0.15) is 12.0 Å². The van der Waals surface area contributed by atoms with E-state index in [1.54, 1.807) is 34.1 Å². The average molecular weight is 437 g/mol. The van der Waals surface area contributed by atoms with Gasteiger partial charge in [0.2, 0.25) is 11.8 Å². The lowest BCUT2D eigenvalue weighted by atomic mass is 10.1. The third-order valence-corrected chi connectivity index (χ3v) is 5.51.